The molecule has 0 bridgehead atoms. The van der Waals surface area contributed by atoms with Crippen molar-refractivity contribution in [1.82, 2.24) is 10.3 Å². The minimum absolute atomic E-state index is 0.398. The third kappa shape index (κ3) is 2.99. The molecule has 1 N–H and O–H groups in total. The zero-order chi connectivity index (χ0) is 17.9. The number of carbonyl (C=O) groups is 2. The number of hydrogen-bond acceptors (Lipinski definition) is 6. The highest BCUT2D eigenvalue weighted by molar-refractivity contribution is 6.07. The molecular formula is C16H21N3O5. The van der Waals surface area contributed by atoms with Gasteiger partial charge in [0.1, 0.15) is 11.3 Å². The van der Waals surface area contributed by atoms with Crippen LogP contribution in [0.3, 0.4) is 0 Å². The zero-order valence-corrected chi connectivity index (χ0v) is 14.4. The van der Waals surface area contributed by atoms with Gasteiger partial charge in [-0.15, -0.1) is 5.01 Å². The zero-order valence-electron chi connectivity index (χ0n) is 14.4. The Hall–Kier alpha value is -2.77. The number of benzene rings is 1. The summed E-state index contributed by atoms with van der Waals surface area (Å²) >= 11 is 0. The highest BCUT2D eigenvalue weighted by Crippen LogP contribution is 2.34. The second kappa shape index (κ2) is 6.77. The molecule has 1 fully saturated rings. The maximum absolute atomic E-state index is 12.3. The molecule has 1 saturated heterocycles. The molecule has 1 aromatic rings. The molecule has 3 amide bonds. The van der Waals surface area contributed by atoms with Gasteiger partial charge in [0, 0.05) is 11.6 Å². The van der Waals surface area contributed by atoms with Crippen molar-refractivity contribution in [1.29, 1.82) is 0 Å². The summed E-state index contributed by atoms with van der Waals surface area (Å²) in [5, 5.41) is 7.46. The Bertz CT molecular complexity index is 689. The van der Waals surface area contributed by atoms with E-state index in [0.717, 1.165) is 5.01 Å². The van der Waals surface area contributed by atoms with Gasteiger partial charge in [0.05, 0.1) is 27.5 Å². The van der Waals surface area contributed by atoms with Crippen LogP contribution in [0.15, 0.2) is 17.2 Å². The van der Waals surface area contributed by atoms with Gasteiger partial charge < -0.3 is 19.5 Å². The standard InChI is InChI=1S/C16H21N3O5/c1-6-16(2)14(20)19(15(21)18-16)17-9-10-7-12(23-4)13(24-5)8-11(10)22-3/h7-9H,6H2,1-5H3,(H,18,21)/b17-9-/t16-/m1/s1. The van der Waals surface area contributed by atoms with Crippen LogP contribution in [0.2, 0.25) is 0 Å². The van der Waals surface area contributed by atoms with Crippen molar-refractivity contribution < 1.29 is 23.8 Å². The quantitative estimate of drug-likeness (QED) is 0.632. The summed E-state index contributed by atoms with van der Waals surface area (Å²) in [5.41, 5.74) is -0.392. The molecule has 0 aromatic heterocycles. The minimum Gasteiger partial charge on any atom is -0.496 e. The van der Waals surface area contributed by atoms with Crippen molar-refractivity contribution >= 4 is 18.2 Å². The average molecular weight is 335 g/mol. The number of nitrogens with zero attached hydrogens (tertiary/aromatic N) is 2. The molecule has 0 unspecified atom stereocenters. The second-order valence-electron chi connectivity index (χ2n) is 5.43. The summed E-state index contributed by atoms with van der Waals surface area (Å²) in [6.07, 6.45) is 1.85. The molecule has 8 heteroatoms. The number of imide groups is 1. The van der Waals surface area contributed by atoms with Crippen LogP contribution < -0.4 is 19.5 Å². The Morgan fingerprint density at radius 2 is 1.71 bits per heavy atom. The van der Waals surface area contributed by atoms with Crippen molar-refractivity contribution in [3.05, 3.63) is 17.7 Å². The van der Waals surface area contributed by atoms with E-state index in [9.17, 15) is 9.59 Å². The molecule has 0 spiro atoms. The predicted octanol–water partition coefficient (Wildman–Crippen LogP) is 1.77. The van der Waals surface area contributed by atoms with Gasteiger partial charge in [-0.25, -0.2) is 4.79 Å². The molecule has 0 radical (unpaired) electrons. The van der Waals surface area contributed by atoms with Crippen molar-refractivity contribution in [2.45, 2.75) is 25.8 Å². The molecule has 2 rings (SSSR count). The van der Waals surface area contributed by atoms with E-state index in [4.69, 9.17) is 14.2 Å². The fourth-order valence-electron chi connectivity index (χ4n) is 2.29. The first-order valence-corrected chi connectivity index (χ1v) is 7.40. The Morgan fingerprint density at radius 3 is 2.21 bits per heavy atom. The van der Waals surface area contributed by atoms with Gasteiger partial charge in [-0.2, -0.15) is 5.10 Å². The molecule has 8 nitrogen and oxygen atoms in total. The fourth-order valence-corrected chi connectivity index (χ4v) is 2.29. The topological polar surface area (TPSA) is 89.5 Å². The number of carbonyl (C=O) groups excluding carboxylic acids is 2. The number of urea groups is 1. The van der Waals surface area contributed by atoms with Crippen LogP contribution in [0.25, 0.3) is 0 Å². The number of hydrogen-bond donors (Lipinski definition) is 1. The fraction of sp³-hybridized carbons (Fsp3) is 0.438. The molecule has 24 heavy (non-hydrogen) atoms. The Labute approximate surface area is 140 Å². The summed E-state index contributed by atoms with van der Waals surface area (Å²) < 4.78 is 15.7. The van der Waals surface area contributed by atoms with Crippen molar-refractivity contribution in [3.63, 3.8) is 0 Å². The summed E-state index contributed by atoms with van der Waals surface area (Å²) in [6, 6.07) is 2.74. The van der Waals surface area contributed by atoms with E-state index in [0.29, 0.717) is 29.2 Å². The van der Waals surface area contributed by atoms with Crippen LogP contribution in [-0.2, 0) is 4.79 Å². The van der Waals surface area contributed by atoms with Crippen LogP contribution in [0.4, 0.5) is 4.79 Å². The van der Waals surface area contributed by atoms with Crippen LogP contribution in [0, 0.1) is 0 Å². The first-order chi connectivity index (χ1) is 11.4. The van der Waals surface area contributed by atoms with Gasteiger partial charge in [0.25, 0.3) is 5.91 Å². The Balaban J connectivity index is 2.35. The molecule has 1 aromatic carbocycles. The third-order valence-corrected chi connectivity index (χ3v) is 3.99. The van der Waals surface area contributed by atoms with Crippen molar-refractivity contribution in [3.8, 4) is 17.2 Å². The number of amides is 3. The number of methoxy groups -OCH3 is 3. The van der Waals surface area contributed by atoms with Gasteiger partial charge in [0.15, 0.2) is 11.5 Å². The smallest absolute Gasteiger partial charge is 0.346 e. The van der Waals surface area contributed by atoms with E-state index in [2.05, 4.69) is 10.4 Å². The predicted molar refractivity (Wildman–Crippen MR) is 87.8 cm³/mol. The van der Waals surface area contributed by atoms with Crippen LogP contribution in [0.5, 0.6) is 17.2 Å². The number of rotatable bonds is 6. The lowest BCUT2D eigenvalue weighted by Crippen LogP contribution is -2.42. The summed E-state index contributed by atoms with van der Waals surface area (Å²) in [4.78, 5) is 24.3. The monoisotopic (exact) mass is 335 g/mol. The van der Waals surface area contributed by atoms with E-state index in [1.54, 1.807) is 19.1 Å². The molecule has 1 aliphatic heterocycles. The molecule has 0 saturated carbocycles. The minimum atomic E-state index is -0.934. The van der Waals surface area contributed by atoms with Crippen LogP contribution in [0.1, 0.15) is 25.8 Å². The third-order valence-electron chi connectivity index (χ3n) is 3.99. The second-order valence-corrected chi connectivity index (χ2v) is 5.43. The van der Waals surface area contributed by atoms with E-state index >= 15 is 0 Å². The first-order valence-electron chi connectivity index (χ1n) is 7.40. The lowest BCUT2D eigenvalue weighted by atomic mass is 10.00. The Kier molecular flexibility index (Phi) is 4.96. The molecule has 0 aliphatic carbocycles. The van der Waals surface area contributed by atoms with Gasteiger partial charge in [-0.3, -0.25) is 4.79 Å². The van der Waals surface area contributed by atoms with Gasteiger partial charge in [-0.1, -0.05) is 6.92 Å². The maximum Gasteiger partial charge on any atom is 0.346 e. The van der Waals surface area contributed by atoms with Crippen molar-refractivity contribution in [2.75, 3.05) is 21.3 Å². The van der Waals surface area contributed by atoms with E-state index < -0.39 is 17.5 Å². The lowest BCUT2D eigenvalue weighted by molar-refractivity contribution is -0.130. The number of ether oxygens (including phenoxy) is 3. The molecule has 1 heterocycles. The summed E-state index contributed by atoms with van der Waals surface area (Å²) in [6.45, 7) is 3.49. The molecule has 130 valence electrons. The SMILES string of the molecule is CC[C@@]1(C)NC(=O)N(/N=C\c2cc(OC)c(OC)cc2OC)C1=O. The lowest BCUT2D eigenvalue weighted by Gasteiger charge is -2.17. The molecule has 1 aliphatic rings. The molecular weight excluding hydrogens is 314 g/mol. The summed E-state index contributed by atoms with van der Waals surface area (Å²) in [7, 11) is 4.53. The normalized spacial score (nSPS) is 20.5. The van der Waals surface area contributed by atoms with E-state index in [1.807, 2.05) is 6.92 Å². The van der Waals surface area contributed by atoms with Gasteiger partial charge in [-0.05, 0) is 19.4 Å². The van der Waals surface area contributed by atoms with Gasteiger partial charge in [0.2, 0.25) is 0 Å². The highest BCUT2D eigenvalue weighted by atomic mass is 16.5. The largest absolute Gasteiger partial charge is 0.496 e. The maximum atomic E-state index is 12.3. The highest BCUT2D eigenvalue weighted by Gasteiger charge is 2.46. The molecule has 1 atom stereocenters. The van der Waals surface area contributed by atoms with Crippen molar-refractivity contribution in [2.24, 2.45) is 5.10 Å². The first kappa shape index (κ1) is 17.6. The van der Waals surface area contributed by atoms with E-state index in [1.165, 1.54) is 27.5 Å². The Morgan fingerprint density at radius 1 is 1.12 bits per heavy atom. The average Bonchev–Trinajstić information content (AvgIpc) is 2.81. The van der Waals surface area contributed by atoms with Crippen LogP contribution in [-0.4, -0.2) is 50.0 Å². The number of nitrogens with one attached hydrogen (secondary N) is 1. The van der Waals surface area contributed by atoms with Gasteiger partial charge >= 0.3 is 6.03 Å². The summed E-state index contributed by atoms with van der Waals surface area (Å²) in [5.74, 6) is 1.06. The van der Waals surface area contributed by atoms with E-state index in [-0.39, 0.29) is 0 Å². The number of hydrazone groups is 1. The van der Waals surface area contributed by atoms with Crippen LogP contribution >= 0.6 is 0 Å².